The zero-order chi connectivity index (χ0) is 14.4. The van der Waals surface area contributed by atoms with Gasteiger partial charge in [0.05, 0.1) is 7.11 Å². The number of benzene rings is 2. The summed E-state index contributed by atoms with van der Waals surface area (Å²) in [4.78, 5) is 10.7. The summed E-state index contributed by atoms with van der Waals surface area (Å²) in [7, 11) is 1.56. The van der Waals surface area contributed by atoms with Gasteiger partial charge in [-0.3, -0.25) is 4.79 Å². The second-order valence-corrected chi connectivity index (χ2v) is 4.83. The van der Waals surface area contributed by atoms with E-state index in [0.29, 0.717) is 23.7 Å². The predicted molar refractivity (Wildman–Crippen MR) is 81.8 cm³/mol. The summed E-state index contributed by atoms with van der Waals surface area (Å²) < 4.78 is 11.0. The van der Waals surface area contributed by atoms with Gasteiger partial charge in [-0.05, 0) is 29.3 Å². The number of aldehydes is 1. The highest BCUT2D eigenvalue weighted by Crippen LogP contribution is 2.28. The number of alkyl halides is 1. The molecule has 20 heavy (non-hydrogen) atoms. The van der Waals surface area contributed by atoms with Crippen LogP contribution in [-0.4, -0.2) is 13.4 Å². The van der Waals surface area contributed by atoms with Crippen molar-refractivity contribution in [3.63, 3.8) is 0 Å². The number of hydrogen-bond donors (Lipinski definition) is 0. The summed E-state index contributed by atoms with van der Waals surface area (Å²) in [5, 5.41) is 0.818. The van der Waals surface area contributed by atoms with Gasteiger partial charge >= 0.3 is 0 Å². The molecule has 0 atom stereocenters. The first-order valence-corrected chi connectivity index (χ1v) is 7.28. The SMILES string of the molecule is COc1cc(C=O)ccc1OCc1cccc(CBr)c1. The van der Waals surface area contributed by atoms with Crippen LogP contribution in [0, 0.1) is 0 Å². The predicted octanol–water partition coefficient (Wildman–Crippen LogP) is 3.98. The summed E-state index contributed by atoms with van der Waals surface area (Å²) >= 11 is 3.43. The Labute approximate surface area is 126 Å². The van der Waals surface area contributed by atoms with Gasteiger partial charge in [-0.25, -0.2) is 0 Å². The number of methoxy groups -OCH3 is 1. The Morgan fingerprint density at radius 3 is 2.60 bits per heavy atom. The Hall–Kier alpha value is -1.81. The fourth-order valence-corrected chi connectivity index (χ4v) is 2.19. The van der Waals surface area contributed by atoms with E-state index in [9.17, 15) is 4.79 Å². The number of hydrogen-bond acceptors (Lipinski definition) is 3. The van der Waals surface area contributed by atoms with Crippen LogP contribution in [0.2, 0.25) is 0 Å². The minimum atomic E-state index is 0.456. The maximum absolute atomic E-state index is 10.7. The van der Waals surface area contributed by atoms with Crippen molar-refractivity contribution in [1.29, 1.82) is 0 Å². The molecule has 0 heterocycles. The molecule has 0 N–H and O–H groups in total. The third kappa shape index (κ3) is 3.61. The Morgan fingerprint density at radius 1 is 1.10 bits per heavy atom. The molecule has 0 spiro atoms. The molecule has 0 unspecified atom stereocenters. The molecule has 0 aliphatic carbocycles. The fourth-order valence-electron chi connectivity index (χ4n) is 1.84. The molecule has 0 radical (unpaired) electrons. The molecule has 2 aromatic rings. The minimum Gasteiger partial charge on any atom is -0.493 e. The molecular formula is C16H15BrO3. The Morgan fingerprint density at radius 2 is 1.90 bits per heavy atom. The van der Waals surface area contributed by atoms with E-state index >= 15 is 0 Å². The monoisotopic (exact) mass is 334 g/mol. The highest BCUT2D eigenvalue weighted by molar-refractivity contribution is 9.08. The summed E-state index contributed by atoms with van der Waals surface area (Å²) in [6.07, 6.45) is 0.784. The highest BCUT2D eigenvalue weighted by Gasteiger charge is 2.06. The third-order valence-electron chi connectivity index (χ3n) is 2.86. The minimum absolute atomic E-state index is 0.456. The van der Waals surface area contributed by atoms with E-state index in [-0.39, 0.29) is 0 Å². The van der Waals surface area contributed by atoms with Gasteiger partial charge in [0, 0.05) is 10.9 Å². The van der Waals surface area contributed by atoms with Gasteiger partial charge in [-0.15, -0.1) is 0 Å². The van der Waals surface area contributed by atoms with Crippen molar-refractivity contribution in [2.24, 2.45) is 0 Å². The molecule has 0 aliphatic heterocycles. The van der Waals surface area contributed by atoms with Gasteiger partial charge in [-0.1, -0.05) is 40.2 Å². The van der Waals surface area contributed by atoms with Crippen molar-refractivity contribution >= 4 is 22.2 Å². The van der Waals surface area contributed by atoms with Crippen LogP contribution in [0.1, 0.15) is 21.5 Å². The van der Waals surface area contributed by atoms with E-state index in [1.807, 2.05) is 12.1 Å². The zero-order valence-electron chi connectivity index (χ0n) is 11.1. The molecule has 0 fully saturated rings. The Kier molecular flexibility index (Phi) is 5.18. The van der Waals surface area contributed by atoms with Crippen LogP contribution in [-0.2, 0) is 11.9 Å². The molecule has 104 valence electrons. The van der Waals surface area contributed by atoms with Gasteiger partial charge in [0.15, 0.2) is 11.5 Å². The van der Waals surface area contributed by atoms with Gasteiger partial charge in [-0.2, -0.15) is 0 Å². The molecule has 0 amide bonds. The third-order valence-corrected chi connectivity index (χ3v) is 3.51. The Balaban J connectivity index is 2.11. The van der Waals surface area contributed by atoms with E-state index in [2.05, 4.69) is 28.1 Å². The quantitative estimate of drug-likeness (QED) is 0.592. The van der Waals surface area contributed by atoms with E-state index in [1.165, 1.54) is 5.56 Å². The van der Waals surface area contributed by atoms with Crippen molar-refractivity contribution in [2.45, 2.75) is 11.9 Å². The lowest BCUT2D eigenvalue weighted by Crippen LogP contribution is -1.98. The molecule has 0 saturated heterocycles. The first-order chi connectivity index (χ1) is 9.76. The first kappa shape index (κ1) is 14.6. The number of halogens is 1. The molecule has 2 rings (SSSR count). The lowest BCUT2D eigenvalue weighted by molar-refractivity contribution is 0.112. The fraction of sp³-hybridized carbons (Fsp3) is 0.188. The normalized spacial score (nSPS) is 10.1. The van der Waals surface area contributed by atoms with Crippen molar-refractivity contribution in [2.75, 3.05) is 7.11 Å². The van der Waals surface area contributed by atoms with E-state index < -0.39 is 0 Å². The average Bonchev–Trinajstić information content (AvgIpc) is 2.52. The van der Waals surface area contributed by atoms with Gasteiger partial charge in [0.25, 0.3) is 0 Å². The van der Waals surface area contributed by atoms with Crippen LogP contribution < -0.4 is 9.47 Å². The number of rotatable bonds is 6. The average molecular weight is 335 g/mol. The van der Waals surface area contributed by atoms with Gasteiger partial charge in [0.2, 0.25) is 0 Å². The summed E-state index contributed by atoms with van der Waals surface area (Å²) in [6, 6.07) is 13.3. The number of ether oxygens (including phenoxy) is 2. The van der Waals surface area contributed by atoms with E-state index in [4.69, 9.17) is 9.47 Å². The van der Waals surface area contributed by atoms with Crippen LogP contribution in [0.3, 0.4) is 0 Å². The summed E-state index contributed by atoms with van der Waals surface area (Å²) in [5.74, 6) is 1.19. The molecule has 0 bridgehead atoms. The smallest absolute Gasteiger partial charge is 0.161 e. The second-order valence-electron chi connectivity index (χ2n) is 4.27. The molecule has 2 aromatic carbocycles. The van der Waals surface area contributed by atoms with Crippen LogP contribution in [0.15, 0.2) is 42.5 Å². The summed E-state index contributed by atoms with van der Waals surface area (Å²) in [6.45, 7) is 0.456. The number of carbonyl (C=O) groups is 1. The lowest BCUT2D eigenvalue weighted by atomic mass is 10.1. The molecule has 3 nitrogen and oxygen atoms in total. The zero-order valence-corrected chi connectivity index (χ0v) is 12.7. The maximum Gasteiger partial charge on any atom is 0.161 e. The highest BCUT2D eigenvalue weighted by atomic mass is 79.9. The molecular weight excluding hydrogens is 320 g/mol. The Bertz CT molecular complexity index is 596. The molecule has 0 aromatic heterocycles. The molecule has 4 heteroatoms. The molecule has 0 aliphatic rings. The van der Waals surface area contributed by atoms with Crippen molar-refractivity contribution in [1.82, 2.24) is 0 Å². The van der Waals surface area contributed by atoms with E-state index in [0.717, 1.165) is 17.2 Å². The summed E-state index contributed by atoms with van der Waals surface area (Å²) in [5.41, 5.74) is 2.85. The second kappa shape index (κ2) is 7.10. The topological polar surface area (TPSA) is 35.5 Å². The van der Waals surface area contributed by atoms with E-state index in [1.54, 1.807) is 25.3 Å². The van der Waals surface area contributed by atoms with Crippen LogP contribution >= 0.6 is 15.9 Å². The largest absolute Gasteiger partial charge is 0.493 e. The van der Waals surface area contributed by atoms with Crippen molar-refractivity contribution in [3.05, 3.63) is 59.2 Å². The van der Waals surface area contributed by atoms with Crippen molar-refractivity contribution in [3.8, 4) is 11.5 Å². The lowest BCUT2D eigenvalue weighted by Gasteiger charge is -2.11. The van der Waals surface area contributed by atoms with Crippen LogP contribution in [0.25, 0.3) is 0 Å². The number of carbonyl (C=O) groups excluding carboxylic acids is 1. The van der Waals surface area contributed by atoms with Crippen LogP contribution in [0.4, 0.5) is 0 Å². The van der Waals surface area contributed by atoms with Crippen molar-refractivity contribution < 1.29 is 14.3 Å². The molecule has 0 saturated carbocycles. The standard InChI is InChI=1S/C16H15BrO3/c1-19-16-8-13(10-18)5-6-15(16)20-11-14-4-2-3-12(7-14)9-17/h2-8,10H,9,11H2,1H3. The van der Waals surface area contributed by atoms with Crippen LogP contribution in [0.5, 0.6) is 11.5 Å². The van der Waals surface area contributed by atoms with Gasteiger partial charge < -0.3 is 9.47 Å². The first-order valence-electron chi connectivity index (χ1n) is 6.16. The van der Waals surface area contributed by atoms with Gasteiger partial charge in [0.1, 0.15) is 12.9 Å². The maximum atomic E-state index is 10.7.